The number of carbonyl (C=O) groups is 1. The Hall–Kier alpha value is -0.770. The molecule has 1 aromatic carbocycles. The molecule has 0 fully saturated rings. The lowest BCUT2D eigenvalue weighted by molar-refractivity contribution is -0.253. The maximum Gasteiger partial charge on any atom is 0.421 e. The number of amides is 1. The molecule has 2 nitrogen and oxygen atoms in total. The highest BCUT2D eigenvalue weighted by molar-refractivity contribution is 9.10. The molecule has 0 aromatic heterocycles. The Morgan fingerprint density at radius 1 is 0.950 bits per heavy atom. The molecule has 0 aliphatic rings. The molecule has 0 heterocycles. The monoisotopic (exact) mass is 427 g/mol. The van der Waals surface area contributed by atoms with Crippen LogP contribution in [0.2, 0.25) is 0 Å². The lowest BCUT2D eigenvalue weighted by Gasteiger charge is -2.30. The van der Waals surface area contributed by atoms with E-state index in [9.17, 15) is 31.1 Å². The number of hydrogen-bond acceptors (Lipinski definition) is 1. The van der Waals surface area contributed by atoms with Crippen LogP contribution in [0.3, 0.4) is 0 Å². The third kappa shape index (κ3) is 3.27. The summed E-state index contributed by atoms with van der Waals surface area (Å²) in [6.07, 6.45) is -11.7. The van der Waals surface area contributed by atoms with E-state index >= 15 is 0 Å². The van der Waals surface area contributed by atoms with Gasteiger partial charge >= 0.3 is 12.4 Å². The summed E-state index contributed by atoms with van der Waals surface area (Å²) in [6.45, 7) is 0. The number of hydrogen-bond donors (Lipinski definition) is 1. The number of carbonyl (C=O) groups excluding carboxylic acids is 1. The van der Waals surface area contributed by atoms with E-state index < -0.39 is 22.6 Å². The van der Waals surface area contributed by atoms with Gasteiger partial charge in [0.05, 0.1) is 0 Å². The molecular weight excluding hydrogens is 424 g/mol. The third-order valence-corrected chi connectivity index (χ3v) is 3.98. The fourth-order valence-electron chi connectivity index (χ4n) is 1.17. The SMILES string of the molecule is O=C(Nc1ccc(Br)cc1)C(Br)(C(F)(F)F)C(F)(F)F. The van der Waals surface area contributed by atoms with E-state index in [1.54, 1.807) is 5.32 Å². The van der Waals surface area contributed by atoms with Gasteiger partial charge in [0, 0.05) is 10.2 Å². The predicted molar refractivity (Wildman–Crippen MR) is 66.5 cm³/mol. The second-order valence-corrected chi connectivity index (χ2v) is 5.72. The quantitative estimate of drug-likeness (QED) is 0.539. The minimum atomic E-state index is -5.84. The second-order valence-electron chi connectivity index (χ2n) is 3.62. The third-order valence-electron chi connectivity index (χ3n) is 2.20. The van der Waals surface area contributed by atoms with Gasteiger partial charge in [0.15, 0.2) is 0 Å². The Morgan fingerprint density at radius 3 is 1.70 bits per heavy atom. The van der Waals surface area contributed by atoms with E-state index in [2.05, 4.69) is 15.9 Å². The maximum atomic E-state index is 12.6. The summed E-state index contributed by atoms with van der Waals surface area (Å²) in [6, 6.07) is 5.02. The molecule has 0 radical (unpaired) electrons. The molecule has 1 amide bonds. The minimum Gasteiger partial charge on any atom is -0.324 e. The Balaban J connectivity index is 3.11. The van der Waals surface area contributed by atoms with Crippen LogP contribution < -0.4 is 5.32 Å². The van der Waals surface area contributed by atoms with Gasteiger partial charge in [-0.05, 0) is 24.3 Å². The van der Waals surface area contributed by atoms with Crippen LogP contribution in [-0.2, 0) is 4.79 Å². The summed E-state index contributed by atoms with van der Waals surface area (Å²) in [5.74, 6) is -2.26. The average Bonchev–Trinajstić information content (AvgIpc) is 2.28. The largest absolute Gasteiger partial charge is 0.421 e. The smallest absolute Gasteiger partial charge is 0.324 e. The molecule has 0 saturated carbocycles. The summed E-state index contributed by atoms with van der Waals surface area (Å²) < 4.78 is 71.4. The van der Waals surface area contributed by atoms with E-state index in [-0.39, 0.29) is 5.69 Å². The summed E-state index contributed by atoms with van der Waals surface area (Å²) in [4.78, 5) is 11.4. The van der Waals surface area contributed by atoms with Crippen LogP contribution in [0.1, 0.15) is 0 Å². The molecule has 0 bridgehead atoms. The van der Waals surface area contributed by atoms with Gasteiger partial charge in [-0.2, -0.15) is 26.3 Å². The van der Waals surface area contributed by atoms with Crippen molar-refractivity contribution in [2.45, 2.75) is 16.7 Å². The van der Waals surface area contributed by atoms with Crippen LogP contribution in [0.25, 0.3) is 0 Å². The van der Waals surface area contributed by atoms with Crippen molar-refractivity contribution in [2.24, 2.45) is 0 Å². The number of benzene rings is 1. The van der Waals surface area contributed by atoms with Gasteiger partial charge in [0.1, 0.15) is 0 Å². The first-order chi connectivity index (χ1) is 8.89. The van der Waals surface area contributed by atoms with Gasteiger partial charge < -0.3 is 5.32 Å². The van der Waals surface area contributed by atoms with E-state index in [4.69, 9.17) is 0 Å². The number of halogens is 8. The highest BCUT2D eigenvalue weighted by Crippen LogP contribution is 2.50. The molecule has 0 aliphatic carbocycles. The van der Waals surface area contributed by atoms with Gasteiger partial charge in [-0.25, -0.2) is 0 Å². The summed E-state index contributed by atoms with van der Waals surface area (Å²) >= 11 is 4.53. The number of alkyl halides is 7. The van der Waals surface area contributed by atoms with Crippen LogP contribution in [0.5, 0.6) is 0 Å². The van der Waals surface area contributed by atoms with Gasteiger partial charge in [-0.3, -0.25) is 4.79 Å². The van der Waals surface area contributed by atoms with Gasteiger partial charge in [-0.15, -0.1) is 0 Å². The van der Waals surface area contributed by atoms with Crippen molar-refractivity contribution in [3.63, 3.8) is 0 Å². The summed E-state index contributed by atoms with van der Waals surface area (Å²) in [7, 11) is 0. The fourth-order valence-corrected chi connectivity index (χ4v) is 1.53. The minimum absolute atomic E-state index is 0.199. The molecular formula is C10H5Br2F6NO. The summed E-state index contributed by atoms with van der Waals surface area (Å²) in [5, 5.41) is 1.58. The van der Waals surface area contributed by atoms with Crippen molar-refractivity contribution in [1.82, 2.24) is 0 Å². The van der Waals surface area contributed by atoms with Gasteiger partial charge in [-0.1, -0.05) is 31.9 Å². The van der Waals surface area contributed by atoms with Crippen LogP contribution in [0, 0.1) is 0 Å². The lowest BCUT2D eigenvalue weighted by Crippen LogP contribution is -2.59. The molecule has 1 rings (SSSR count). The lowest BCUT2D eigenvalue weighted by atomic mass is 10.1. The van der Waals surface area contributed by atoms with E-state index in [0.717, 1.165) is 12.1 Å². The zero-order valence-corrected chi connectivity index (χ0v) is 12.4. The first kappa shape index (κ1) is 17.3. The van der Waals surface area contributed by atoms with E-state index in [1.165, 1.54) is 28.1 Å². The average molecular weight is 429 g/mol. The van der Waals surface area contributed by atoms with Crippen molar-refractivity contribution in [2.75, 3.05) is 5.32 Å². The van der Waals surface area contributed by atoms with E-state index in [1.807, 2.05) is 0 Å². The maximum absolute atomic E-state index is 12.6. The van der Waals surface area contributed by atoms with Crippen LogP contribution in [0.4, 0.5) is 32.0 Å². The summed E-state index contributed by atoms with van der Waals surface area (Å²) in [5.41, 5.74) is -0.199. The molecule has 1 aromatic rings. The topological polar surface area (TPSA) is 29.1 Å². The predicted octanol–water partition coefficient (Wildman–Crippen LogP) is 4.65. The van der Waals surface area contributed by atoms with Crippen molar-refractivity contribution in [3.8, 4) is 0 Å². The zero-order chi connectivity index (χ0) is 15.8. The molecule has 0 spiro atoms. The highest BCUT2D eigenvalue weighted by atomic mass is 79.9. The van der Waals surface area contributed by atoms with Crippen LogP contribution >= 0.6 is 31.9 Å². The van der Waals surface area contributed by atoms with Crippen molar-refractivity contribution in [1.29, 1.82) is 0 Å². The first-order valence-electron chi connectivity index (χ1n) is 4.79. The Labute approximate surface area is 125 Å². The molecule has 112 valence electrons. The van der Waals surface area contributed by atoms with Crippen molar-refractivity contribution < 1.29 is 31.1 Å². The number of rotatable bonds is 2. The zero-order valence-electron chi connectivity index (χ0n) is 9.24. The van der Waals surface area contributed by atoms with Crippen molar-refractivity contribution >= 4 is 43.5 Å². The first-order valence-corrected chi connectivity index (χ1v) is 6.37. The molecule has 0 atom stereocenters. The Kier molecular flexibility index (Phi) is 4.79. The Bertz CT molecular complexity index is 482. The fraction of sp³-hybridized carbons (Fsp3) is 0.300. The normalized spacial score (nSPS) is 13.2. The van der Waals surface area contributed by atoms with Gasteiger partial charge in [0.2, 0.25) is 0 Å². The molecule has 0 unspecified atom stereocenters. The Morgan fingerprint density at radius 2 is 1.35 bits per heavy atom. The van der Waals surface area contributed by atoms with Crippen molar-refractivity contribution in [3.05, 3.63) is 28.7 Å². The molecule has 0 saturated heterocycles. The van der Waals surface area contributed by atoms with Crippen LogP contribution in [0.15, 0.2) is 28.7 Å². The number of anilines is 1. The number of nitrogens with one attached hydrogen (secondary N) is 1. The second kappa shape index (κ2) is 5.55. The molecule has 10 heteroatoms. The highest BCUT2D eigenvalue weighted by Gasteiger charge is 2.74. The van der Waals surface area contributed by atoms with E-state index in [0.29, 0.717) is 4.47 Å². The van der Waals surface area contributed by atoms with Crippen LogP contribution in [-0.4, -0.2) is 22.6 Å². The standard InChI is InChI=1S/C10H5Br2F6NO/c11-5-1-3-6(4-2-5)19-7(20)8(12,9(13,14)15)10(16,17)18/h1-4H,(H,19,20). The van der Waals surface area contributed by atoms with Gasteiger partial charge in [0.25, 0.3) is 10.2 Å². The molecule has 1 N–H and O–H groups in total. The molecule has 20 heavy (non-hydrogen) atoms. The molecule has 0 aliphatic heterocycles.